The van der Waals surface area contributed by atoms with E-state index in [0.29, 0.717) is 91.5 Å². The molecule has 0 unspecified atom stereocenters. The fourth-order valence-electron chi connectivity index (χ4n) is 6.30. The molecule has 60 heavy (non-hydrogen) atoms. The van der Waals surface area contributed by atoms with Gasteiger partial charge in [0.2, 0.25) is 17.3 Å². The van der Waals surface area contributed by atoms with E-state index in [1.54, 1.807) is 44.7 Å². The number of aromatic nitrogens is 1. The molecule has 17 nitrogen and oxygen atoms in total. The number of nitrogens with zero attached hydrogens (tertiary/aromatic N) is 1. The van der Waals surface area contributed by atoms with E-state index >= 15 is 0 Å². The van der Waals surface area contributed by atoms with Crippen molar-refractivity contribution in [3.05, 3.63) is 71.5 Å². The predicted molar refractivity (Wildman–Crippen MR) is 219 cm³/mol. The van der Waals surface area contributed by atoms with Gasteiger partial charge >= 0.3 is 17.9 Å². The van der Waals surface area contributed by atoms with Crippen molar-refractivity contribution < 1.29 is 70.3 Å². The van der Waals surface area contributed by atoms with Gasteiger partial charge in [-0.05, 0) is 30.2 Å². The van der Waals surface area contributed by atoms with Crippen LogP contribution in [0.3, 0.4) is 0 Å². The fraction of sp³-hybridized carbons (Fsp3) is 0.256. The van der Waals surface area contributed by atoms with Crippen LogP contribution in [-0.4, -0.2) is 86.9 Å². The Balaban J connectivity index is 0.000000171. The Morgan fingerprint density at radius 3 is 1.53 bits per heavy atom. The lowest BCUT2D eigenvalue weighted by molar-refractivity contribution is 0.0559. The van der Waals surface area contributed by atoms with Gasteiger partial charge in [0.15, 0.2) is 45.5 Å². The van der Waals surface area contributed by atoms with E-state index < -0.39 is 17.9 Å². The molecular weight excluding hydrogens is 784 g/mol. The van der Waals surface area contributed by atoms with Crippen molar-refractivity contribution >= 4 is 67.4 Å². The van der Waals surface area contributed by atoms with Gasteiger partial charge in [-0.1, -0.05) is 0 Å². The average Bonchev–Trinajstić information content (AvgIpc) is 4.04. The van der Waals surface area contributed by atoms with Crippen molar-refractivity contribution in [1.29, 1.82) is 0 Å². The highest BCUT2D eigenvalue weighted by atomic mass is 16.6. The highest BCUT2D eigenvalue weighted by Crippen LogP contribution is 2.44. The number of fused-ring (bicyclic) bond motifs is 4. The molecule has 0 saturated carbocycles. The second-order valence-electron chi connectivity index (χ2n) is 12.2. The third kappa shape index (κ3) is 8.29. The average molecular weight is 827 g/mol. The molecule has 0 fully saturated rings. The van der Waals surface area contributed by atoms with Gasteiger partial charge in [0, 0.05) is 36.9 Å². The molecule has 0 aliphatic carbocycles. The Bertz CT molecular complexity index is 2670. The van der Waals surface area contributed by atoms with Gasteiger partial charge in [0.25, 0.3) is 0 Å². The number of nitrogens with two attached hydrogens (primary N) is 1. The van der Waals surface area contributed by atoms with E-state index in [1.807, 2.05) is 12.1 Å². The van der Waals surface area contributed by atoms with E-state index in [1.165, 1.54) is 55.8 Å². The zero-order chi connectivity index (χ0) is 43.7. The van der Waals surface area contributed by atoms with Crippen molar-refractivity contribution in [3.63, 3.8) is 0 Å². The summed E-state index contributed by atoms with van der Waals surface area (Å²) in [5.41, 5.74) is 9.03. The lowest BCUT2D eigenvalue weighted by atomic mass is 10.0. The van der Waals surface area contributed by atoms with Gasteiger partial charge in [-0.25, -0.2) is 14.4 Å². The monoisotopic (exact) mass is 826 g/mol. The van der Waals surface area contributed by atoms with Crippen LogP contribution in [0.1, 0.15) is 43.6 Å². The Labute approximate surface area is 343 Å². The minimum Gasteiger partial charge on any atom is -0.496 e. The summed E-state index contributed by atoms with van der Waals surface area (Å²) >= 11 is 0. The Kier molecular flexibility index (Phi) is 13.8. The molecule has 3 aromatic carbocycles. The number of terminal acetylenes is 1. The Morgan fingerprint density at radius 2 is 1.07 bits per heavy atom. The lowest BCUT2D eigenvalue weighted by Crippen LogP contribution is -1.98. The van der Waals surface area contributed by atoms with Crippen LogP contribution in [0.5, 0.6) is 34.5 Å². The van der Waals surface area contributed by atoms with Gasteiger partial charge in [0.1, 0.15) is 11.3 Å². The van der Waals surface area contributed by atoms with Crippen molar-refractivity contribution in [2.24, 2.45) is 0 Å². The van der Waals surface area contributed by atoms with E-state index in [4.69, 9.17) is 53.8 Å². The lowest BCUT2D eigenvalue weighted by Gasteiger charge is -2.11. The molecule has 4 aromatic heterocycles. The van der Waals surface area contributed by atoms with Crippen LogP contribution >= 0.6 is 0 Å². The van der Waals surface area contributed by atoms with Crippen molar-refractivity contribution in [1.82, 2.24) is 4.98 Å². The number of carbonyl (C=O) groups is 3. The zero-order valence-corrected chi connectivity index (χ0v) is 34.3. The summed E-state index contributed by atoms with van der Waals surface area (Å²) in [7, 11) is 13.0. The maximum absolute atomic E-state index is 11.7. The first-order chi connectivity index (χ1) is 29.0. The van der Waals surface area contributed by atoms with E-state index in [0.717, 1.165) is 10.9 Å². The molecule has 7 aromatic rings. The third-order valence-electron chi connectivity index (χ3n) is 8.95. The normalized spacial score (nSPS) is 10.5. The van der Waals surface area contributed by atoms with Gasteiger partial charge in [-0.15, -0.1) is 12.3 Å². The maximum Gasteiger partial charge on any atom is 0.373 e. The zero-order valence-electron chi connectivity index (χ0n) is 34.3. The number of esters is 3. The number of anilines is 1. The fourth-order valence-corrected chi connectivity index (χ4v) is 6.30. The number of rotatable bonds is 11. The summed E-state index contributed by atoms with van der Waals surface area (Å²) in [6.07, 6.45) is 8.19. The van der Waals surface area contributed by atoms with Crippen molar-refractivity contribution in [2.45, 2.75) is 12.8 Å². The molecule has 4 heterocycles. The first-order valence-corrected chi connectivity index (χ1v) is 17.7. The van der Waals surface area contributed by atoms with Crippen LogP contribution in [0.4, 0.5) is 5.69 Å². The molecule has 0 spiro atoms. The first-order valence-electron chi connectivity index (χ1n) is 17.7. The van der Waals surface area contributed by atoms with Crippen LogP contribution in [0.15, 0.2) is 61.9 Å². The maximum atomic E-state index is 11.7. The summed E-state index contributed by atoms with van der Waals surface area (Å²) in [5.74, 6) is 4.18. The number of hydrogen-bond acceptors (Lipinski definition) is 17. The summed E-state index contributed by atoms with van der Waals surface area (Å²) in [4.78, 5) is 39.0. The highest BCUT2D eigenvalue weighted by Gasteiger charge is 2.24. The van der Waals surface area contributed by atoms with Gasteiger partial charge < -0.3 is 61.6 Å². The van der Waals surface area contributed by atoms with Crippen LogP contribution in [0, 0.1) is 12.3 Å². The van der Waals surface area contributed by atoms with E-state index in [-0.39, 0.29) is 17.3 Å². The van der Waals surface area contributed by atoms with Gasteiger partial charge in [0.05, 0.1) is 91.2 Å². The molecule has 314 valence electrons. The van der Waals surface area contributed by atoms with Gasteiger partial charge in [-0.3, -0.25) is 4.98 Å². The predicted octanol–water partition coefficient (Wildman–Crippen LogP) is 7.41. The van der Waals surface area contributed by atoms with Crippen molar-refractivity contribution in [2.75, 3.05) is 69.7 Å². The SMILES string of the molecule is C#CCCc1cc(OC)c2oc(C(=O)OC)cc2c1OC.COC(=O)c1cc2c(OC)c(N)cc(OC)c2o1.COC(=O)c1cc2c(OC)c3ncccc3c(OC)c2o1. The number of aryl methyl sites for hydroxylation is 1. The summed E-state index contributed by atoms with van der Waals surface area (Å²) in [6, 6.07) is 11.7. The molecule has 0 saturated heterocycles. The summed E-state index contributed by atoms with van der Waals surface area (Å²) in [6.45, 7) is 0. The summed E-state index contributed by atoms with van der Waals surface area (Å²) < 4.78 is 62.4. The second kappa shape index (κ2) is 19.1. The number of methoxy groups -OCH3 is 9. The van der Waals surface area contributed by atoms with Crippen LogP contribution < -0.4 is 34.2 Å². The van der Waals surface area contributed by atoms with Crippen LogP contribution in [0.25, 0.3) is 43.8 Å². The second-order valence-corrected chi connectivity index (χ2v) is 12.2. The number of ether oxygens (including phenoxy) is 9. The Hall–Kier alpha value is -7.74. The van der Waals surface area contributed by atoms with E-state index in [9.17, 15) is 14.4 Å². The molecule has 0 atom stereocenters. The largest absolute Gasteiger partial charge is 0.496 e. The number of pyridine rings is 1. The molecule has 2 N–H and O–H groups in total. The molecular formula is C43H42N2O15. The quantitative estimate of drug-likeness (QED) is 0.0582. The molecule has 17 heteroatoms. The van der Waals surface area contributed by atoms with Gasteiger partial charge in [-0.2, -0.15) is 0 Å². The third-order valence-corrected chi connectivity index (χ3v) is 8.95. The summed E-state index contributed by atoms with van der Waals surface area (Å²) in [5, 5.41) is 2.58. The molecule has 0 radical (unpaired) electrons. The molecule has 0 aliphatic heterocycles. The van der Waals surface area contributed by atoms with Crippen LogP contribution in [-0.2, 0) is 20.6 Å². The smallest absolute Gasteiger partial charge is 0.373 e. The molecule has 0 amide bonds. The first kappa shape index (κ1) is 43.4. The minimum absolute atomic E-state index is 0.0645. The standard InChI is InChI=1S/C16H16O5.C15H13NO5.C12H13NO5/c1-5-6-7-10-8-12(18-2)15-11(14(10)19-3)9-13(21-15)16(17)20-4;1-18-12-9-7-10(15(17)20-3)21-14(9)13(19-2)8-5-4-6-16-11(8)12;1-15-8-5-7(13)10(16-2)6-4-9(12(14)17-3)18-11(6)8/h1,8-9H,6-7H2,2-4H3;4-7H,1-3H3;4-5H,13H2,1-3H3. The highest BCUT2D eigenvalue weighted by molar-refractivity contribution is 6.09. The van der Waals surface area contributed by atoms with Crippen LogP contribution in [0.2, 0.25) is 0 Å². The molecule has 0 aliphatic rings. The number of carbonyl (C=O) groups excluding carboxylic acids is 3. The number of hydrogen-bond donors (Lipinski definition) is 1. The molecule has 7 rings (SSSR count). The van der Waals surface area contributed by atoms with Crippen molar-refractivity contribution in [3.8, 4) is 46.8 Å². The number of nitrogen functional groups attached to an aromatic ring is 1. The van der Waals surface area contributed by atoms with E-state index in [2.05, 4.69) is 25.1 Å². The topological polar surface area (TPSA) is 213 Å². The number of benzene rings is 3. The Morgan fingerprint density at radius 1 is 0.600 bits per heavy atom. The minimum atomic E-state index is -0.575. The molecule has 0 bridgehead atoms. The number of furan rings is 3.